The standard InChI is InChI=1S/C19H17FN4O3S2/c1-24(16(17(21)26)11-4-2-5-12(20)8-11)15(25)9-13-10-29-19(22-13)23-18(27)14-6-3-7-28-14/h2-8,10,16H,9H2,1H3,(H2,21,26)(H,22,23,27). The highest BCUT2D eigenvalue weighted by atomic mass is 32.1. The third-order valence-electron chi connectivity index (χ3n) is 4.06. The summed E-state index contributed by atoms with van der Waals surface area (Å²) >= 11 is 2.50. The van der Waals surface area contributed by atoms with Crippen LogP contribution in [0.1, 0.15) is 27.0 Å². The minimum atomic E-state index is -1.10. The van der Waals surface area contributed by atoms with Gasteiger partial charge in [0.15, 0.2) is 5.13 Å². The molecule has 3 N–H and O–H groups in total. The minimum absolute atomic E-state index is 0.0963. The smallest absolute Gasteiger partial charge is 0.267 e. The van der Waals surface area contributed by atoms with Gasteiger partial charge < -0.3 is 10.6 Å². The van der Waals surface area contributed by atoms with Crippen LogP contribution in [0.25, 0.3) is 0 Å². The fourth-order valence-corrected chi connectivity index (χ4v) is 4.02. The number of hydrogen-bond donors (Lipinski definition) is 2. The zero-order valence-electron chi connectivity index (χ0n) is 15.3. The molecule has 1 unspecified atom stereocenters. The van der Waals surface area contributed by atoms with Gasteiger partial charge in [0.2, 0.25) is 11.8 Å². The Bertz CT molecular complexity index is 1040. The van der Waals surface area contributed by atoms with Crippen molar-refractivity contribution in [1.29, 1.82) is 0 Å². The van der Waals surface area contributed by atoms with Crippen LogP contribution in [0.3, 0.4) is 0 Å². The monoisotopic (exact) mass is 432 g/mol. The van der Waals surface area contributed by atoms with Gasteiger partial charge in [-0.15, -0.1) is 22.7 Å². The molecule has 3 rings (SSSR count). The van der Waals surface area contributed by atoms with Crippen LogP contribution in [-0.4, -0.2) is 34.7 Å². The summed E-state index contributed by atoms with van der Waals surface area (Å²) in [6.45, 7) is 0. The molecule has 29 heavy (non-hydrogen) atoms. The molecular weight excluding hydrogens is 415 g/mol. The number of amides is 3. The number of nitrogens with one attached hydrogen (secondary N) is 1. The molecule has 0 saturated carbocycles. The fraction of sp³-hybridized carbons (Fsp3) is 0.158. The Labute approximate surface area is 174 Å². The van der Waals surface area contributed by atoms with E-state index >= 15 is 0 Å². The van der Waals surface area contributed by atoms with Crippen molar-refractivity contribution in [2.24, 2.45) is 5.73 Å². The average Bonchev–Trinajstić information content (AvgIpc) is 3.33. The van der Waals surface area contributed by atoms with Crippen LogP contribution in [0.5, 0.6) is 0 Å². The molecule has 3 amide bonds. The quantitative estimate of drug-likeness (QED) is 0.599. The van der Waals surface area contributed by atoms with Crippen molar-refractivity contribution in [3.05, 3.63) is 69.1 Å². The predicted octanol–water partition coefficient (Wildman–Crippen LogP) is 2.82. The summed E-state index contributed by atoms with van der Waals surface area (Å²) < 4.78 is 13.5. The summed E-state index contributed by atoms with van der Waals surface area (Å²) in [4.78, 5) is 42.6. The highest BCUT2D eigenvalue weighted by Crippen LogP contribution is 2.23. The number of halogens is 1. The van der Waals surface area contributed by atoms with Gasteiger partial charge in [-0.2, -0.15) is 0 Å². The van der Waals surface area contributed by atoms with E-state index in [0.717, 1.165) is 0 Å². The van der Waals surface area contributed by atoms with Crippen molar-refractivity contribution < 1.29 is 18.8 Å². The van der Waals surface area contributed by atoms with E-state index in [-0.39, 0.29) is 17.9 Å². The van der Waals surface area contributed by atoms with E-state index in [1.165, 1.54) is 58.9 Å². The molecule has 1 aromatic carbocycles. The van der Waals surface area contributed by atoms with Gasteiger partial charge in [0.05, 0.1) is 17.0 Å². The largest absolute Gasteiger partial charge is 0.368 e. The number of nitrogens with zero attached hydrogens (tertiary/aromatic N) is 2. The van der Waals surface area contributed by atoms with Gasteiger partial charge in [-0.1, -0.05) is 18.2 Å². The van der Waals surface area contributed by atoms with E-state index in [0.29, 0.717) is 15.7 Å². The van der Waals surface area contributed by atoms with Crippen LogP contribution < -0.4 is 11.1 Å². The van der Waals surface area contributed by atoms with Gasteiger partial charge in [-0.25, -0.2) is 9.37 Å². The van der Waals surface area contributed by atoms with Gasteiger partial charge in [-0.3, -0.25) is 19.7 Å². The van der Waals surface area contributed by atoms with Crippen LogP contribution in [0.4, 0.5) is 9.52 Å². The van der Waals surface area contributed by atoms with Gasteiger partial charge in [0.1, 0.15) is 11.9 Å². The van der Waals surface area contributed by atoms with Crippen molar-refractivity contribution >= 4 is 45.5 Å². The molecular formula is C19H17FN4O3S2. The van der Waals surface area contributed by atoms with Gasteiger partial charge in [0.25, 0.3) is 5.91 Å². The molecule has 0 fully saturated rings. The highest BCUT2D eigenvalue weighted by Gasteiger charge is 2.27. The summed E-state index contributed by atoms with van der Waals surface area (Å²) in [5.41, 5.74) is 6.17. The number of anilines is 1. The predicted molar refractivity (Wildman–Crippen MR) is 109 cm³/mol. The van der Waals surface area contributed by atoms with Crippen LogP contribution in [0, 0.1) is 5.82 Å². The van der Waals surface area contributed by atoms with Crippen molar-refractivity contribution in [3.8, 4) is 0 Å². The molecule has 150 valence electrons. The van der Waals surface area contributed by atoms with Crippen LogP contribution >= 0.6 is 22.7 Å². The van der Waals surface area contributed by atoms with Crippen molar-refractivity contribution in [2.45, 2.75) is 12.5 Å². The normalized spacial score (nSPS) is 11.7. The Morgan fingerprint density at radius 1 is 1.24 bits per heavy atom. The number of rotatable bonds is 7. The number of thiazole rings is 1. The maximum atomic E-state index is 13.5. The molecule has 3 aromatic rings. The third-order valence-corrected chi connectivity index (χ3v) is 5.74. The van der Waals surface area contributed by atoms with Crippen molar-refractivity contribution in [3.63, 3.8) is 0 Å². The Balaban J connectivity index is 1.68. The topological polar surface area (TPSA) is 105 Å². The second-order valence-corrected chi connectivity index (χ2v) is 7.92. The Hall–Kier alpha value is -3.11. The highest BCUT2D eigenvalue weighted by molar-refractivity contribution is 7.14. The van der Waals surface area contributed by atoms with Crippen LogP contribution in [0.2, 0.25) is 0 Å². The molecule has 2 heterocycles. The van der Waals surface area contributed by atoms with E-state index in [1.54, 1.807) is 22.9 Å². The zero-order chi connectivity index (χ0) is 21.0. The first-order valence-electron chi connectivity index (χ1n) is 8.45. The molecule has 0 bridgehead atoms. The lowest BCUT2D eigenvalue weighted by Gasteiger charge is -2.26. The summed E-state index contributed by atoms with van der Waals surface area (Å²) in [5, 5.41) is 6.49. The fourth-order valence-electron chi connectivity index (χ4n) is 2.69. The SMILES string of the molecule is CN(C(=O)Cc1csc(NC(=O)c2cccs2)n1)C(C(N)=O)c1cccc(F)c1. The second-order valence-electron chi connectivity index (χ2n) is 6.12. The lowest BCUT2D eigenvalue weighted by atomic mass is 10.0. The van der Waals surface area contributed by atoms with Crippen molar-refractivity contribution in [1.82, 2.24) is 9.88 Å². The molecule has 2 aromatic heterocycles. The van der Waals surface area contributed by atoms with E-state index < -0.39 is 23.7 Å². The average molecular weight is 433 g/mol. The molecule has 0 spiro atoms. The first kappa shape index (κ1) is 20.6. The van der Waals surface area contributed by atoms with E-state index in [4.69, 9.17) is 5.73 Å². The molecule has 0 aliphatic rings. The van der Waals surface area contributed by atoms with Gasteiger partial charge in [0, 0.05) is 12.4 Å². The van der Waals surface area contributed by atoms with E-state index in [9.17, 15) is 18.8 Å². The molecule has 1 atom stereocenters. The Kier molecular flexibility index (Phi) is 6.35. The number of nitrogens with two attached hydrogens (primary N) is 1. The minimum Gasteiger partial charge on any atom is -0.368 e. The third kappa shape index (κ3) is 5.04. The van der Waals surface area contributed by atoms with Gasteiger partial charge >= 0.3 is 0 Å². The molecule has 0 radical (unpaired) electrons. The number of thiophene rings is 1. The lowest BCUT2D eigenvalue weighted by molar-refractivity contribution is -0.137. The Morgan fingerprint density at radius 3 is 2.69 bits per heavy atom. The molecule has 7 nitrogen and oxygen atoms in total. The second kappa shape index (κ2) is 8.93. The molecule has 0 aliphatic carbocycles. The van der Waals surface area contributed by atoms with E-state index in [1.807, 2.05) is 0 Å². The number of benzene rings is 1. The first-order chi connectivity index (χ1) is 13.8. The van der Waals surface area contributed by atoms with Crippen LogP contribution in [-0.2, 0) is 16.0 Å². The maximum Gasteiger partial charge on any atom is 0.267 e. The number of carbonyl (C=O) groups is 3. The number of aromatic nitrogens is 1. The zero-order valence-corrected chi connectivity index (χ0v) is 16.9. The molecule has 10 heteroatoms. The number of carbonyl (C=O) groups excluding carboxylic acids is 3. The Morgan fingerprint density at radius 2 is 2.03 bits per heavy atom. The lowest BCUT2D eigenvalue weighted by Crippen LogP contribution is -2.40. The van der Waals surface area contributed by atoms with Crippen LogP contribution in [0.15, 0.2) is 47.2 Å². The first-order valence-corrected chi connectivity index (χ1v) is 10.2. The summed E-state index contributed by atoms with van der Waals surface area (Å²) in [6.07, 6.45) is -0.0963. The number of likely N-dealkylation sites (N-methyl/N-ethyl adjacent to an activating group) is 1. The summed E-state index contributed by atoms with van der Waals surface area (Å²) in [6, 6.07) is 7.75. The van der Waals surface area contributed by atoms with Crippen molar-refractivity contribution in [2.75, 3.05) is 12.4 Å². The number of primary amides is 1. The summed E-state index contributed by atoms with van der Waals surface area (Å²) in [5.74, 6) is -1.99. The maximum absolute atomic E-state index is 13.5. The molecule has 0 saturated heterocycles. The van der Waals surface area contributed by atoms with E-state index in [2.05, 4.69) is 10.3 Å². The molecule has 0 aliphatic heterocycles. The van der Waals surface area contributed by atoms with Gasteiger partial charge in [-0.05, 0) is 29.1 Å². The number of hydrogen-bond acceptors (Lipinski definition) is 6. The summed E-state index contributed by atoms with van der Waals surface area (Å²) in [7, 11) is 1.43.